The fraction of sp³-hybridized carbons (Fsp3) is 0.385. The third-order valence-electron chi connectivity index (χ3n) is 3.19. The summed E-state index contributed by atoms with van der Waals surface area (Å²) in [5.74, 6) is -2.99. The minimum atomic E-state index is -4.85. The van der Waals surface area contributed by atoms with Crippen molar-refractivity contribution in [1.82, 2.24) is 5.32 Å². The van der Waals surface area contributed by atoms with E-state index in [9.17, 15) is 22.8 Å². The van der Waals surface area contributed by atoms with Crippen LogP contribution in [0, 0.1) is 0 Å². The molecule has 0 amide bonds. The molecule has 0 saturated heterocycles. The topological polar surface area (TPSA) is 46.2 Å². The van der Waals surface area contributed by atoms with Gasteiger partial charge in [0, 0.05) is 12.1 Å². The molecular weight excluding hydrogens is 259 g/mol. The SMILES string of the molecule is O=Cc1ccc2c(c1)CCNCC2C(=O)C(F)(F)F. The van der Waals surface area contributed by atoms with Crippen molar-refractivity contribution >= 4 is 12.1 Å². The summed E-state index contributed by atoms with van der Waals surface area (Å²) in [7, 11) is 0. The minimum Gasteiger partial charge on any atom is -0.315 e. The highest BCUT2D eigenvalue weighted by Crippen LogP contribution is 2.31. The summed E-state index contributed by atoms with van der Waals surface area (Å²) in [5, 5.41) is 2.83. The molecule has 1 aliphatic rings. The van der Waals surface area contributed by atoms with Crippen molar-refractivity contribution < 1.29 is 22.8 Å². The second-order valence-corrected chi connectivity index (χ2v) is 4.44. The lowest BCUT2D eigenvalue weighted by Crippen LogP contribution is -2.34. The summed E-state index contributed by atoms with van der Waals surface area (Å²) in [6.07, 6.45) is -3.71. The molecule has 19 heavy (non-hydrogen) atoms. The molecule has 0 bridgehead atoms. The Hall–Kier alpha value is -1.69. The number of carbonyl (C=O) groups excluding carboxylic acids is 2. The van der Waals surface area contributed by atoms with Gasteiger partial charge in [-0.1, -0.05) is 12.1 Å². The van der Waals surface area contributed by atoms with Gasteiger partial charge in [0.05, 0.1) is 5.92 Å². The largest absolute Gasteiger partial charge is 0.450 e. The van der Waals surface area contributed by atoms with Crippen LogP contribution < -0.4 is 5.32 Å². The van der Waals surface area contributed by atoms with E-state index in [1.165, 1.54) is 12.1 Å². The van der Waals surface area contributed by atoms with E-state index in [2.05, 4.69) is 5.32 Å². The Morgan fingerprint density at radius 3 is 2.74 bits per heavy atom. The molecular formula is C13H12F3NO2. The van der Waals surface area contributed by atoms with Crippen molar-refractivity contribution in [2.75, 3.05) is 13.1 Å². The number of aldehydes is 1. The van der Waals surface area contributed by atoms with Crippen LogP contribution in [0.1, 0.15) is 27.4 Å². The van der Waals surface area contributed by atoms with Crippen LogP contribution in [0.4, 0.5) is 13.2 Å². The monoisotopic (exact) mass is 271 g/mol. The van der Waals surface area contributed by atoms with E-state index < -0.39 is 17.9 Å². The molecule has 1 atom stereocenters. The fourth-order valence-electron chi connectivity index (χ4n) is 2.27. The second kappa shape index (κ2) is 5.13. The molecule has 0 radical (unpaired) electrons. The first-order valence-electron chi connectivity index (χ1n) is 5.83. The summed E-state index contributed by atoms with van der Waals surface area (Å²) in [4.78, 5) is 22.1. The molecule has 102 valence electrons. The van der Waals surface area contributed by atoms with Gasteiger partial charge in [0.2, 0.25) is 5.78 Å². The van der Waals surface area contributed by atoms with Crippen LogP contribution in [0.25, 0.3) is 0 Å². The third-order valence-corrected chi connectivity index (χ3v) is 3.19. The van der Waals surface area contributed by atoms with Crippen molar-refractivity contribution in [3.05, 3.63) is 34.9 Å². The smallest absolute Gasteiger partial charge is 0.315 e. The third kappa shape index (κ3) is 2.84. The first kappa shape index (κ1) is 13.7. The quantitative estimate of drug-likeness (QED) is 0.835. The molecule has 1 aromatic carbocycles. The summed E-state index contributed by atoms with van der Waals surface area (Å²) in [6, 6.07) is 4.43. The Bertz CT molecular complexity index is 511. The lowest BCUT2D eigenvalue weighted by atomic mass is 9.89. The normalized spacial score (nSPS) is 19.4. The zero-order valence-electron chi connectivity index (χ0n) is 9.96. The lowest BCUT2D eigenvalue weighted by molar-refractivity contribution is -0.172. The molecule has 1 aromatic rings. The highest BCUT2D eigenvalue weighted by Gasteiger charge is 2.44. The zero-order chi connectivity index (χ0) is 14.0. The zero-order valence-corrected chi connectivity index (χ0v) is 9.96. The average molecular weight is 271 g/mol. The van der Waals surface area contributed by atoms with E-state index in [0.717, 1.165) is 0 Å². The van der Waals surface area contributed by atoms with Gasteiger partial charge in [-0.05, 0) is 30.2 Å². The summed E-state index contributed by atoms with van der Waals surface area (Å²) in [6.45, 7) is 0.447. The molecule has 3 nitrogen and oxygen atoms in total. The predicted octanol–water partition coefficient (Wildman–Crippen LogP) is 1.86. The standard InChI is InChI=1S/C13H12F3NO2/c14-13(15,16)12(19)11-6-17-4-3-9-5-8(7-18)1-2-10(9)11/h1-2,5,7,11,17H,3-4,6H2. The van der Waals surface area contributed by atoms with Crippen molar-refractivity contribution in [3.63, 3.8) is 0 Å². The number of carbonyl (C=O) groups is 2. The van der Waals surface area contributed by atoms with Crippen LogP contribution in [0.3, 0.4) is 0 Å². The Morgan fingerprint density at radius 2 is 2.11 bits per heavy atom. The number of rotatable bonds is 2. The van der Waals surface area contributed by atoms with Gasteiger partial charge in [0.1, 0.15) is 6.29 Å². The summed E-state index contributed by atoms with van der Waals surface area (Å²) in [5.41, 5.74) is 1.38. The maximum absolute atomic E-state index is 12.6. The molecule has 1 unspecified atom stereocenters. The number of fused-ring (bicyclic) bond motifs is 1. The average Bonchev–Trinajstić information content (AvgIpc) is 2.57. The summed E-state index contributed by atoms with van der Waals surface area (Å²) < 4.78 is 37.7. The molecule has 0 fully saturated rings. The maximum atomic E-state index is 12.6. The number of alkyl halides is 3. The van der Waals surface area contributed by atoms with Gasteiger partial charge in [-0.3, -0.25) is 9.59 Å². The van der Waals surface area contributed by atoms with Crippen LogP contribution in [-0.4, -0.2) is 31.3 Å². The first-order valence-corrected chi connectivity index (χ1v) is 5.83. The molecule has 1 N–H and O–H groups in total. The molecule has 0 aromatic heterocycles. The van der Waals surface area contributed by atoms with E-state index in [-0.39, 0.29) is 6.54 Å². The van der Waals surface area contributed by atoms with Crippen LogP contribution in [0.2, 0.25) is 0 Å². The maximum Gasteiger partial charge on any atom is 0.450 e. The van der Waals surface area contributed by atoms with Gasteiger partial charge in [0.15, 0.2) is 0 Å². The van der Waals surface area contributed by atoms with Crippen molar-refractivity contribution in [1.29, 1.82) is 0 Å². The fourth-order valence-corrected chi connectivity index (χ4v) is 2.27. The van der Waals surface area contributed by atoms with Crippen molar-refractivity contribution in [3.8, 4) is 0 Å². The highest BCUT2D eigenvalue weighted by atomic mass is 19.4. The highest BCUT2D eigenvalue weighted by molar-refractivity contribution is 5.91. The van der Waals surface area contributed by atoms with Gasteiger partial charge in [-0.15, -0.1) is 0 Å². The number of Topliss-reactive ketones (excluding diaryl/α,β-unsaturated/α-hetero) is 1. The lowest BCUT2D eigenvalue weighted by Gasteiger charge is -2.18. The van der Waals surface area contributed by atoms with Gasteiger partial charge in [-0.25, -0.2) is 0 Å². The van der Waals surface area contributed by atoms with Gasteiger partial charge in [0.25, 0.3) is 0 Å². The molecule has 0 spiro atoms. The molecule has 0 saturated carbocycles. The molecule has 0 aliphatic carbocycles. The van der Waals surface area contributed by atoms with Crippen molar-refractivity contribution in [2.24, 2.45) is 0 Å². The van der Waals surface area contributed by atoms with Crippen LogP contribution in [0.15, 0.2) is 18.2 Å². The Morgan fingerprint density at radius 1 is 1.37 bits per heavy atom. The Kier molecular flexibility index (Phi) is 3.71. The van der Waals surface area contributed by atoms with E-state index in [1.54, 1.807) is 6.07 Å². The molecule has 1 aliphatic heterocycles. The number of benzene rings is 1. The molecule has 1 heterocycles. The van der Waals surface area contributed by atoms with Gasteiger partial charge >= 0.3 is 6.18 Å². The van der Waals surface area contributed by atoms with Crippen LogP contribution in [-0.2, 0) is 11.2 Å². The number of hydrogen-bond acceptors (Lipinski definition) is 3. The predicted molar refractivity (Wildman–Crippen MR) is 62.2 cm³/mol. The van der Waals surface area contributed by atoms with Crippen molar-refractivity contribution in [2.45, 2.75) is 18.5 Å². The number of hydrogen-bond donors (Lipinski definition) is 1. The summed E-state index contributed by atoms with van der Waals surface area (Å²) >= 11 is 0. The van der Waals surface area contributed by atoms with Crippen LogP contribution >= 0.6 is 0 Å². The van der Waals surface area contributed by atoms with E-state index in [0.29, 0.717) is 35.9 Å². The molecule has 2 rings (SSSR count). The van der Waals surface area contributed by atoms with E-state index in [1.807, 2.05) is 0 Å². The first-order chi connectivity index (χ1) is 8.93. The van der Waals surface area contributed by atoms with E-state index >= 15 is 0 Å². The number of ketones is 1. The Balaban J connectivity index is 2.43. The Labute approximate surface area is 107 Å². The second-order valence-electron chi connectivity index (χ2n) is 4.44. The van der Waals surface area contributed by atoms with Crippen LogP contribution in [0.5, 0.6) is 0 Å². The number of nitrogens with one attached hydrogen (secondary N) is 1. The molecule has 6 heteroatoms. The van der Waals surface area contributed by atoms with Gasteiger partial charge in [-0.2, -0.15) is 13.2 Å². The minimum absolute atomic E-state index is 0.0359. The van der Waals surface area contributed by atoms with E-state index in [4.69, 9.17) is 0 Å². The number of halogens is 3. The van der Waals surface area contributed by atoms with Gasteiger partial charge < -0.3 is 5.32 Å².